The van der Waals surface area contributed by atoms with Gasteiger partial charge in [0.05, 0.1) is 55.9 Å². The fraction of sp³-hybridized carbons (Fsp3) is 0.522. The lowest BCUT2D eigenvalue weighted by atomic mass is 9.85. The number of halogens is 1. The SMILES string of the molecule is CCOC(=O)c1cnnn1CC1CN(c2ccc(N3CCC(C(C#N)CO)CC3)c(F)c2)C(=O)O1. The van der Waals surface area contributed by atoms with Gasteiger partial charge in [0.1, 0.15) is 11.9 Å². The minimum Gasteiger partial charge on any atom is -0.461 e. The molecule has 0 aliphatic carbocycles. The van der Waals surface area contributed by atoms with Crippen molar-refractivity contribution in [2.75, 3.05) is 42.6 Å². The van der Waals surface area contributed by atoms with Crippen molar-refractivity contribution in [2.24, 2.45) is 11.8 Å². The molecule has 4 rings (SSSR count). The molecule has 2 aromatic rings. The number of hydrogen-bond acceptors (Lipinski definition) is 9. The van der Waals surface area contributed by atoms with Crippen LogP contribution in [-0.4, -0.2) is 71.1 Å². The Morgan fingerprint density at radius 3 is 2.83 bits per heavy atom. The van der Waals surface area contributed by atoms with E-state index < -0.39 is 29.9 Å². The number of carbonyl (C=O) groups is 2. The molecule has 0 saturated carbocycles. The number of amides is 1. The Morgan fingerprint density at radius 2 is 2.17 bits per heavy atom. The molecule has 186 valence electrons. The Kier molecular flexibility index (Phi) is 7.45. The Morgan fingerprint density at radius 1 is 1.40 bits per heavy atom. The van der Waals surface area contributed by atoms with E-state index in [4.69, 9.17) is 14.7 Å². The molecule has 11 nitrogen and oxygen atoms in total. The van der Waals surface area contributed by atoms with Crippen molar-refractivity contribution in [2.45, 2.75) is 32.4 Å². The highest BCUT2D eigenvalue weighted by Crippen LogP contribution is 2.32. The number of aliphatic hydroxyl groups is 1. The Labute approximate surface area is 201 Å². The van der Waals surface area contributed by atoms with E-state index in [-0.39, 0.29) is 37.9 Å². The van der Waals surface area contributed by atoms with Crippen LogP contribution in [0.5, 0.6) is 0 Å². The predicted molar refractivity (Wildman–Crippen MR) is 121 cm³/mol. The number of aliphatic hydroxyl groups excluding tert-OH is 1. The fourth-order valence-electron chi connectivity index (χ4n) is 4.53. The Hall–Kier alpha value is -3.72. The first-order valence-electron chi connectivity index (χ1n) is 11.5. The number of piperidine rings is 1. The Balaban J connectivity index is 1.40. The Bertz CT molecular complexity index is 1110. The summed E-state index contributed by atoms with van der Waals surface area (Å²) >= 11 is 0. The molecule has 1 amide bonds. The maximum Gasteiger partial charge on any atom is 0.414 e. The van der Waals surface area contributed by atoms with Crippen LogP contribution in [0, 0.1) is 29.0 Å². The van der Waals surface area contributed by atoms with Crippen molar-refractivity contribution in [3.05, 3.63) is 35.9 Å². The molecule has 3 heterocycles. The maximum atomic E-state index is 15.0. The third-order valence-corrected chi connectivity index (χ3v) is 6.41. The molecular weight excluding hydrogens is 459 g/mol. The van der Waals surface area contributed by atoms with Crippen LogP contribution < -0.4 is 9.80 Å². The van der Waals surface area contributed by atoms with Gasteiger partial charge in [-0.2, -0.15) is 5.26 Å². The van der Waals surface area contributed by atoms with Gasteiger partial charge in [-0.3, -0.25) is 4.90 Å². The van der Waals surface area contributed by atoms with Gasteiger partial charge < -0.3 is 19.5 Å². The average Bonchev–Trinajstić information content (AvgIpc) is 3.47. The lowest BCUT2D eigenvalue weighted by molar-refractivity contribution is 0.0507. The highest BCUT2D eigenvalue weighted by Gasteiger charge is 2.34. The first-order chi connectivity index (χ1) is 16.9. The molecule has 0 radical (unpaired) electrons. The quantitative estimate of drug-likeness (QED) is 0.556. The third-order valence-electron chi connectivity index (χ3n) is 6.41. The summed E-state index contributed by atoms with van der Waals surface area (Å²) in [5.74, 6) is -1.34. The van der Waals surface area contributed by atoms with E-state index >= 15 is 4.39 Å². The molecule has 2 atom stereocenters. The van der Waals surface area contributed by atoms with Gasteiger partial charge in [0.15, 0.2) is 5.69 Å². The second-order valence-electron chi connectivity index (χ2n) is 8.52. The van der Waals surface area contributed by atoms with E-state index in [9.17, 15) is 14.7 Å². The van der Waals surface area contributed by atoms with Crippen molar-refractivity contribution in [1.82, 2.24) is 15.0 Å². The molecule has 1 aromatic carbocycles. The minimum absolute atomic E-state index is 0.0919. The summed E-state index contributed by atoms with van der Waals surface area (Å²) in [6, 6.07) is 6.74. The van der Waals surface area contributed by atoms with E-state index in [2.05, 4.69) is 16.4 Å². The van der Waals surface area contributed by atoms with Crippen LogP contribution in [-0.2, 0) is 16.0 Å². The van der Waals surface area contributed by atoms with Crippen LogP contribution >= 0.6 is 0 Å². The monoisotopic (exact) mass is 486 g/mol. The summed E-state index contributed by atoms with van der Waals surface area (Å²) in [6.45, 7) is 3.14. The maximum absolute atomic E-state index is 15.0. The number of aromatic nitrogens is 3. The summed E-state index contributed by atoms with van der Waals surface area (Å²) in [5, 5.41) is 26.1. The average molecular weight is 487 g/mol. The van der Waals surface area contributed by atoms with Gasteiger partial charge in [0, 0.05) is 13.1 Å². The van der Waals surface area contributed by atoms with Crippen molar-refractivity contribution in [1.29, 1.82) is 5.26 Å². The van der Waals surface area contributed by atoms with Crippen LogP contribution in [0.4, 0.5) is 20.6 Å². The van der Waals surface area contributed by atoms with E-state index in [1.165, 1.54) is 21.8 Å². The van der Waals surface area contributed by atoms with Crippen LogP contribution in [0.25, 0.3) is 0 Å². The van der Waals surface area contributed by atoms with Crippen molar-refractivity contribution in [3.8, 4) is 6.07 Å². The molecule has 2 fully saturated rings. The van der Waals surface area contributed by atoms with Gasteiger partial charge in [0.25, 0.3) is 0 Å². The molecule has 2 saturated heterocycles. The summed E-state index contributed by atoms with van der Waals surface area (Å²) in [7, 11) is 0. The number of rotatable bonds is 8. The zero-order valence-electron chi connectivity index (χ0n) is 19.3. The fourth-order valence-corrected chi connectivity index (χ4v) is 4.53. The molecule has 35 heavy (non-hydrogen) atoms. The summed E-state index contributed by atoms with van der Waals surface area (Å²) in [5.41, 5.74) is 0.943. The number of nitriles is 1. The number of carbonyl (C=O) groups excluding carboxylic acids is 2. The smallest absolute Gasteiger partial charge is 0.414 e. The largest absolute Gasteiger partial charge is 0.461 e. The highest BCUT2D eigenvalue weighted by molar-refractivity contribution is 5.90. The van der Waals surface area contributed by atoms with Gasteiger partial charge in [0.2, 0.25) is 0 Å². The first-order valence-corrected chi connectivity index (χ1v) is 11.5. The van der Waals surface area contributed by atoms with E-state index in [1.54, 1.807) is 19.1 Å². The van der Waals surface area contributed by atoms with Gasteiger partial charge in [-0.05, 0) is 43.9 Å². The normalized spacial score (nSPS) is 19.4. The van der Waals surface area contributed by atoms with E-state index in [1.807, 2.05) is 4.90 Å². The zero-order chi connectivity index (χ0) is 24.9. The third kappa shape index (κ3) is 5.19. The topological polar surface area (TPSA) is 134 Å². The van der Waals surface area contributed by atoms with E-state index in [0.717, 1.165) is 0 Å². The summed E-state index contributed by atoms with van der Waals surface area (Å²) in [4.78, 5) is 27.7. The number of hydrogen-bond donors (Lipinski definition) is 1. The number of ether oxygens (including phenoxy) is 2. The van der Waals surface area contributed by atoms with Gasteiger partial charge in [-0.25, -0.2) is 18.7 Å². The summed E-state index contributed by atoms with van der Waals surface area (Å²) < 4.78 is 26.7. The molecule has 1 N–H and O–H groups in total. The molecule has 12 heteroatoms. The van der Waals surface area contributed by atoms with Crippen molar-refractivity contribution < 1.29 is 28.6 Å². The molecule has 1 aromatic heterocycles. The van der Waals surface area contributed by atoms with Crippen molar-refractivity contribution >= 4 is 23.4 Å². The first kappa shape index (κ1) is 24.4. The number of anilines is 2. The lowest BCUT2D eigenvalue weighted by Gasteiger charge is -2.35. The molecular formula is C23H27FN6O5. The number of benzene rings is 1. The second kappa shape index (κ2) is 10.7. The number of esters is 1. The van der Waals surface area contributed by atoms with Crippen molar-refractivity contribution in [3.63, 3.8) is 0 Å². The second-order valence-corrected chi connectivity index (χ2v) is 8.52. The molecule has 2 aliphatic heterocycles. The molecule has 0 spiro atoms. The van der Waals surface area contributed by atoms with Crippen LogP contribution in [0.2, 0.25) is 0 Å². The van der Waals surface area contributed by atoms with Gasteiger partial charge >= 0.3 is 12.1 Å². The highest BCUT2D eigenvalue weighted by atomic mass is 19.1. The van der Waals surface area contributed by atoms with E-state index in [0.29, 0.717) is 37.3 Å². The molecule has 2 aliphatic rings. The number of nitrogens with zero attached hydrogens (tertiary/aromatic N) is 6. The molecule has 2 unspecified atom stereocenters. The van der Waals surface area contributed by atoms with Gasteiger partial charge in [-0.1, -0.05) is 5.21 Å². The zero-order valence-corrected chi connectivity index (χ0v) is 19.3. The molecule has 0 bridgehead atoms. The summed E-state index contributed by atoms with van der Waals surface area (Å²) in [6.07, 6.45) is 1.44. The number of cyclic esters (lactones) is 1. The van der Waals surface area contributed by atoms with Crippen LogP contribution in [0.3, 0.4) is 0 Å². The van der Waals surface area contributed by atoms with Crippen LogP contribution in [0.1, 0.15) is 30.3 Å². The van der Waals surface area contributed by atoms with Gasteiger partial charge in [-0.15, -0.1) is 5.10 Å². The van der Waals surface area contributed by atoms with Crippen LogP contribution in [0.15, 0.2) is 24.4 Å². The lowest BCUT2D eigenvalue weighted by Crippen LogP contribution is -2.37. The standard InChI is InChI=1S/C23H27FN6O5/c1-2-34-22(32)21-11-26-27-30(21)13-18-12-29(23(33)35-18)17-3-4-20(19(24)9-17)28-7-5-15(6-8-28)16(10-25)14-31/h3-4,9,11,15-16,18,31H,2,5-8,12-14H2,1H3. The predicted octanol–water partition coefficient (Wildman–Crippen LogP) is 1.97. The minimum atomic E-state index is -0.618.